The molecule has 10 nitrogen and oxygen atoms in total. The maximum Gasteiger partial charge on any atom is 0.408 e. The van der Waals surface area contributed by atoms with Crippen LogP contribution in [0.15, 0.2) is 84.9 Å². The predicted octanol–water partition coefficient (Wildman–Crippen LogP) is 4.25. The molecule has 0 aromatic heterocycles. The molecule has 0 heterocycles. The van der Waals surface area contributed by atoms with Gasteiger partial charge in [-0.05, 0) is 57.2 Å². The Morgan fingerprint density at radius 2 is 1.22 bits per heavy atom. The number of anilines is 3. The van der Waals surface area contributed by atoms with E-state index in [4.69, 9.17) is 9.47 Å². The lowest BCUT2D eigenvalue weighted by Crippen LogP contribution is -2.46. The van der Waals surface area contributed by atoms with Crippen LogP contribution in [0.1, 0.15) is 20.8 Å². The average molecular weight is 561 g/mol. The molecule has 0 aliphatic rings. The first-order valence-corrected chi connectivity index (χ1v) is 13.1. The van der Waals surface area contributed by atoms with Crippen molar-refractivity contribution < 1.29 is 28.7 Å². The Morgan fingerprint density at radius 3 is 1.78 bits per heavy atom. The number of hydrogen-bond acceptors (Lipinski definition) is 6. The van der Waals surface area contributed by atoms with Crippen molar-refractivity contribution in [3.63, 3.8) is 0 Å². The van der Waals surface area contributed by atoms with Gasteiger partial charge < -0.3 is 24.6 Å². The number of nitrogens with zero attached hydrogens (tertiary/aromatic N) is 3. The van der Waals surface area contributed by atoms with Gasteiger partial charge in [0.2, 0.25) is 11.8 Å². The summed E-state index contributed by atoms with van der Waals surface area (Å²) in [5.41, 5.74) is 0.874. The zero-order chi connectivity index (χ0) is 30.0. The highest BCUT2D eigenvalue weighted by atomic mass is 16.6. The van der Waals surface area contributed by atoms with E-state index < -0.39 is 24.1 Å². The molecule has 0 atom stereocenters. The van der Waals surface area contributed by atoms with Gasteiger partial charge in [-0.15, -0.1) is 0 Å². The largest absolute Gasteiger partial charge is 0.482 e. The fraction of sp³-hybridized carbons (Fsp3) is 0.290. The van der Waals surface area contributed by atoms with Crippen LogP contribution in [0.5, 0.6) is 5.75 Å². The van der Waals surface area contributed by atoms with Gasteiger partial charge in [0.05, 0.1) is 5.69 Å². The number of benzene rings is 3. The first-order valence-electron chi connectivity index (χ1n) is 13.1. The average Bonchev–Trinajstić information content (AvgIpc) is 2.96. The maximum absolute atomic E-state index is 13.4. The summed E-state index contributed by atoms with van der Waals surface area (Å²) in [6, 6.07) is 24.7. The molecule has 0 spiro atoms. The van der Waals surface area contributed by atoms with Crippen LogP contribution in [-0.4, -0.2) is 63.2 Å². The first-order chi connectivity index (χ1) is 19.5. The zero-order valence-corrected chi connectivity index (χ0v) is 24.0. The van der Waals surface area contributed by atoms with Crippen LogP contribution >= 0.6 is 0 Å². The molecule has 41 heavy (non-hydrogen) atoms. The summed E-state index contributed by atoms with van der Waals surface area (Å²) in [4.78, 5) is 55.9. The molecule has 0 aliphatic carbocycles. The minimum Gasteiger partial charge on any atom is -0.482 e. The number of ether oxygens (including phenoxy) is 2. The number of likely N-dealkylation sites (N-methyl/N-ethyl adjacent to an activating group) is 2. The first kappa shape index (κ1) is 30.7. The second-order valence-electron chi connectivity index (χ2n) is 10.2. The molecule has 0 saturated heterocycles. The highest BCUT2D eigenvalue weighted by molar-refractivity contribution is 6.05. The van der Waals surface area contributed by atoms with Gasteiger partial charge >= 0.3 is 6.09 Å². The molecule has 0 saturated carbocycles. The normalized spacial score (nSPS) is 10.8. The van der Waals surface area contributed by atoms with E-state index >= 15 is 0 Å². The van der Waals surface area contributed by atoms with E-state index in [9.17, 15) is 19.2 Å². The molecule has 0 radical (unpaired) electrons. The van der Waals surface area contributed by atoms with Gasteiger partial charge in [0, 0.05) is 25.5 Å². The van der Waals surface area contributed by atoms with Crippen LogP contribution in [0.4, 0.5) is 21.9 Å². The molecule has 216 valence electrons. The number of carbonyl (C=O) groups is 4. The van der Waals surface area contributed by atoms with Crippen LogP contribution in [0.2, 0.25) is 0 Å². The molecule has 3 aromatic rings. The molecular formula is C31H36N4O6. The number of nitrogens with one attached hydrogen (secondary N) is 1. The Hall–Kier alpha value is -4.86. The van der Waals surface area contributed by atoms with Crippen molar-refractivity contribution in [1.82, 2.24) is 5.32 Å². The minimum atomic E-state index is -0.766. The number of rotatable bonds is 10. The molecule has 0 bridgehead atoms. The number of amides is 4. The van der Waals surface area contributed by atoms with Gasteiger partial charge in [0.25, 0.3) is 5.91 Å². The Balaban J connectivity index is 1.82. The van der Waals surface area contributed by atoms with E-state index in [0.717, 1.165) is 0 Å². The highest BCUT2D eigenvalue weighted by Gasteiger charge is 2.26. The summed E-state index contributed by atoms with van der Waals surface area (Å²) in [6.07, 6.45) is -0.766. The SMILES string of the molecule is CN(C(=O)COc1ccccc1N(CC(=O)N(C)c1ccccc1)C(=O)CNC(=O)OC(C)(C)C)c1ccccc1. The summed E-state index contributed by atoms with van der Waals surface area (Å²) < 4.78 is 11.1. The van der Waals surface area contributed by atoms with E-state index in [1.807, 2.05) is 24.3 Å². The number of carbonyl (C=O) groups excluding carboxylic acids is 4. The second kappa shape index (κ2) is 14.0. The standard InChI is InChI=1S/C31H36N4O6/c1-31(2,3)41-30(39)32-20-27(36)35(21-28(37)33(4)23-14-8-6-9-15-23)25-18-12-13-19-26(25)40-22-29(38)34(5)24-16-10-7-11-17-24/h6-19H,20-22H2,1-5H3,(H,32,39). The van der Waals surface area contributed by atoms with Gasteiger partial charge in [-0.3, -0.25) is 19.3 Å². The third-order valence-electron chi connectivity index (χ3n) is 5.92. The highest BCUT2D eigenvalue weighted by Crippen LogP contribution is 2.29. The van der Waals surface area contributed by atoms with Gasteiger partial charge in [0.1, 0.15) is 24.4 Å². The van der Waals surface area contributed by atoms with Crippen molar-refractivity contribution in [3.05, 3.63) is 84.9 Å². The van der Waals surface area contributed by atoms with Crippen molar-refractivity contribution in [2.75, 3.05) is 48.5 Å². The predicted molar refractivity (Wildman–Crippen MR) is 158 cm³/mol. The smallest absolute Gasteiger partial charge is 0.408 e. The van der Waals surface area contributed by atoms with Crippen molar-refractivity contribution in [2.24, 2.45) is 0 Å². The van der Waals surface area contributed by atoms with Gasteiger partial charge in [-0.2, -0.15) is 0 Å². The molecular weight excluding hydrogens is 524 g/mol. The summed E-state index contributed by atoms with van der Waals surface area (Å²) in [5, 5.41) is 2.45. The topological polar surface area (TPSA) is 108 Å². The number of alkyl carbamates (subject to hydrolysis) is 1. The third kappa shape index (κ3) is 9.10. The van der Waals surface area contributed by atoms with E-state index in [0.29, 0.717) is 11.4 Å². The monoisotopic (exact) mass is 560 g/mol. The van der Waals surface area contributed by atoms with E-state index in [2.05, 4.69) is 5.32 Å². The molecule has 0 unspecified atom stereocenters. The Kier molecular flexibility index (Phi) is 10.5. The maximum atomic E-state index is 13.4. The lowest BCUT2D eigenvalue weighted by atomic mass is 10.2. The van der Waals surface area contributed by atoms with Crippen molar-refractivity contribution in [1.29, 1.82) is 0 Å². The molecule has 0 aliphatic heterocycles. The number of para-hydroxylation sites is 4. The minimum absolute atomic E-state index is 0.225. The quantitative estimate of drug-likeness (QED) is 0.397. The third-order valence-corrected chi connectivity index (χ3v) is 5.92. The Labute approximate surface area is 240 Å². The molecule has 3 rings (SSSR count). The summed E-state index contributed by atoms with van der Waals surface area (Å²) in [5.74, 6) is -1.04. The summed E-state index contributed by atoms with van der Waals surface area (Å²) in [7, 11) is 3.25. The molecule has 10 heteroatoms. The van der Waals surface area contributed by atoms with Crippen molar-refractivity contribution in [3.8, 4) is 5.75 Å². The fourth-order valence-corrected chi connectivity index (χ4v) is 3.74. The van der Waals surface area contributed by atoms with E-state index in [1.165, 1.54) is 14.7 Å². The molecule has 4 amide bonds. The summed E-state index contributed by atoms with van der Waals surface area (Å²) in [6.45, 7) is 4.05. The van der Waals surface area contributed by atoms with Crippen LogP contribution < -0.4 is 24.8 Å². The fourth-order valence-electron chi connectivity index (χ4n) is 3.74. The van der Waals surface area contributed by atoms with Crippen LogP contribution in [-0.2, 0) is 19.1 Å². The van der Waals surface area contributed by atoms with Gasteiger partial charge in [-0.1, -0.05) is 48.5 Å². The van der Waals surface area contributed by atoms with E-state index in [-0.39, 0.29) is 36.4 Å². The molecule has 0 fully saturated rings. The van der Waals surface area contributed by atoms with Crippen LogP contribution in [0, 0.1) is 0 Å². The Morgan fingerprint density at radius 1 is 0.707 bits per heavy atom. The van der Waals surface area contributed by atoms with Crippen LogP contribution in [0.25, 0.3) is 0 Å². The zero-order valence-electron chi connectivity index (χ0n) is 24.0. The molecule has 1 N–H and O–H groups in total. The van der Waals surface area contributed by atoms with Gasteiger partial charge in [-0.25, -0.2) is 4.79 Å². The van der Waals surface area contributed by atoms with Crippen molar-refractivity contribution in [2.45, 2.75) is 26.4 Å². The number of hydrogen-bond donors (Lipinski definition) is 1. The lowest BCUT2D eigenvalue weighted by molar-refractivity contribution is -0.122. The Bertz CT molecular complexity index is 1340. The van der Waals surface area contributed by atoms with Crippen LogP contribution in [0.3, 0.4) is 0 Å². The lowest BCUT2D eigenvalue weighted by Gasteiger charge is -2.27. The second-order valence-corrected chi connectivity index (χ2v) is 10.2. The van der Waals surface area contributed by atoms with Crippen molar-refractivity contribution >= 4 is 40.9 Å². The van der Waals surface area contributed by atoms with Gasteiger partial charge in [0.15, 0.2) is 6.61 Å². The summed E-state index contributed by atoms with van der Waals surface area (Å²) >= 11 is 0. The van der Waals surface area contributed by atoms with E-state index in [1.54, 1.807) is 95.5 Å². The molecule has 3 aromatic carbocycles.